The Balaban J connectivity index is 1.63. The molecule has 0 aliphatic carbocycles. The maximum atomic E-state index is 6.25. The quantitative estimate of drug-likeness (QED) is 0.429. The highest BCUT2D eigenvalue weighted by Crippen LogP contribution is 2.43. The van der Waals surface area contributed by atoms with Crippen LogP contribution in [0.5, 0.6) is 0 Å². The number of benzene rings is 1. The molecule has 0 radical (unpaired) electrons. The molecule has 0 amide bonds. The van der Waals surface area contributed by atoms with Gasteiger partial charge in [-0.3, -0.25) is 4.90 Å². The zero-order valence-electron chi connectivity index (χ0n) is 18.1. The van der Waals surface area contributed by atoms with Gasteiger partial charge in [0.1, 0.15) is 19.4 Å². The lowest BCUT2D eigenvalue weighted by Crippen LogP contribution is -2.42. The molecule has 1 saturated heterocycles. The van der Waals surface area contributed by atoms with Crippen molar-refractivity contribution in [3.8, 4) is 11.3 Å². The van der Waals surface area contributed by atoms with Gasteiger partial charge in [-0.2, -0.15) is 0 Å². The summed E-state index contributed by atoms with van der Waals surface area (Å²) in [5.41, 5.74) is 5.34. The minimum absolute atomic E-state index is 0.218. The molecule has 6 nitrogen and oxygen atoms in total. The summed E-state index contributed by atoms with van der Waals surface area (Å²) < 4.78 is 12.9. The van der Waals surface area contributed by atoms with Crippen LogP contribution in [-0.4, -0.2) is 41.9 Å². The molecule has 1 aromatic carbocycles. The summed E-state index contributed by atoms with van der Waals surface area (Å²) >= 11 is 7.84. The zero-order chi connectivity index (χ0) is 21.9. The van der Waals surface area contributed by atoms with Crippen LogP contribution in [0.1, 0.15) is 25.0 Å². The minimum Gasteiger partial charge on any atom is -0.373 e. The molecule has 1 fully saturated rings. The molecule has 0 unspecified atom stereocenters. The summed E-state index contributed by atoms with van der Waals surface area (Å²) in [4.78, 5) is 16.7. The first-order chi connectivity index (χ1) is 15.5. The summed E-state index contributed by atoms with van der Waals surface area (Å²) in [5, 5.41) is 1.92. The molecule has 0 atom stereocenters. The molecule has 3 aromatic heterocycles. The number of anilines is 1. The fraction of sp³-hybridized carbons (Fsp3) is 0.375. The Morgan fingerprint density at radius 3 is 2.66 bits per heavy atom. The largest absolute Gasteiger partial charge is 0.373 e. The Morgan fingerprint density at radius 1 is 1.09 bits per heavy atom. The number of nitrogens with one attached hydrogen (secondary N) is 1. The zero-order valence-corrected chi connectivity index (χ0v) is 19.6. The number of H-pyrrole nitrogens is 1. The number of thiophene rings is 1. The van der Waals surface area contributed by atoms with Crippen LogP contribution in [-0.2, 0) is 22.5 Å². The van der Waals surface area contributed by atoms with Gasteiger partial charge in [-0.15, -0.1) is 0 Å². The van der Waals surface area contributed by atoms with Gasteiger partial charge in [0.25, 0.3) is 5.82 Å². The molecule has 32 heavy (non-hydrogen) atoms. The number of hydrogen-bond acceptors (Lipinski definition) is 6. The van der Waals surface area contributed by atoms with Gasteiger partial charge in [-0.25, -0.2) is 15.0 Å². The Morgan fingerprint density at radius 2 is 1.88 bits per heavy atom. The summed E-state index contributed by atoms with van der Waals surface area (Å²) in [5.74, 6) is 1.15. The highest BCUT2D eigenvalue weighted by Gasteiger charge is 2.36. The summed E-state index contributed by atoms with van der Waals surface area (Å²) in [6.45, 7) is 8.15. The van der Waals surface area contributed by atoms with E-state index in [4.69, 9.17) is 26.1 Å². The third-order valence-electron chi connectivity index (χ3n) is 6.31. The van der Waals surface area contributed by atoms with Crippen molar-refractivity contribution in [2.75, 3.05) is 31.2 Å². The van der Waals surface area contributed by atoms with Gasteiger partial charge in [0.05, 0.1) is 52.3 Å². The van der Waals surface area contributed by atoms with Gasteiger partial charge >= 0.3 is 0 Å². The number of fused-ring (bicyclic) bond motifs is 5. The second-order valence-corrected chi connectivity index (χ2v) is 10.4. The van der Waals surface area contributed by atoms with Gasteiger partial charge in [0, 0.05) is 17.0 Å². The van der Waals surface area contributed by atoms with Crippen molar-refractivity contribution in [2.45, 2.75) is 32.5 Å². The Hall–Kier alpha value is -2.32. The van der Waals surface area contributed by atoms with E-state index in [0.29, 0.717) is 6.61 Å². The van der Waals surface area contributed by atoms with Crippen LogP contribution in [0.2, 0.25) is 5.02 Å². The van der Waals surface area contributed by atoms with E-state index in [1.165, 1.54) is 16.5 Å². The fourth-order valence-electron chi connectivity index (χ4n) is 4.72. The second kappa shape index (κ2) is 7.63. The van der Waals surface area contributed by atoms with Crippen LogP contribution < -0.4 is 9.88 Å². The Kier molecular flexibility index (Phi) is 4.84. The molecule has 164 valence electrons. The van der Waals surface area contributed by atoms with E-state index >= 15 is 0 Å². The first kappa shape index (κ1) is 20.3. The molecule has 0 saturated carbocycles. The van der Waals surface area contributed by atoms with Crippen molar-refractivity contribution in [3.63, 3.8) is 0 Å². The molecule has 1 N–H and O–H groups in total. The van der Waals surface area contributed by atoms with Crippen molar-refractivity contribution < 1.29 is 14.5 Å². The molecule has 2 aliphatic rings. The smallest absolute Gasteiger partial charge is 0.281 e. The van der Waals surface area contributed by atoms with Crippen LogP contribution in [0.25, 0.3) is 31.7 Å². The van der Waals surface area contributed by atoms with E-state index < -0.39 is 0 Å². The van der Waals surface area contributed by atoms with Crippen LogP contribution in [0.15, 0.2) is 30.6 Å². The number of morpholine rings is 1. The van der Waals surface area contributed by atoms with Crippen LogP contribution in [0.3, 0.4) is 0 Å². The Labute approximate surface area is 195 Å². The van der Waals surface area contributed by atoms with E-state index in [1.54, 1.807) is 17.7 Å². The lowest BCUT2D eigenvalue weighted by Gasteiger charge is -2.33. The molecule has 5 heterocycles. The van der Waals surface area contributed by atoms with Crippen molar-refractivity contribution in [1.82, 2.24) is 9.97 Å². The summed E-state index contributed by atoms with van der Waals surface area (Å²) in [6, 6.07) is 7.85. The van der Waals surface area contributed by atoms with Crippen LogP contribution in [0.4, 0.5) is 5.82 Å². The third-order valence-corrected chi connectivity index (χ3v) is 7.66. The number of ether oxygens (including phenoxy) is 2. The predicted octanol–water partition coefficient (Wildman–Crippen LogP) is 4.67. The average Bonchev–Trinajstić information content (AvgIpc) is 3.18. The van der Waals surface area contributed by atoms with Crippen molar-refractivity contribution in [2.24, 2.45) is 0 Å². The number of hydrogen-bond donors (Lipinski definition) is 0. The lowest BCUT2D eigenvalue weighted by molar-refractivity contribution is -0.329. The number of aromatic amines is 1. The number of halogens is 1. The van der Waals surface area contributed by atoms with Crippen LogP contribution in [0, 0.1) is 0 Å². The fourth-order valence-corrected chi connectivity index (χ4v) is 6.04. The lowest BCUT2D eigenvalue weighted by atomic mass is 9.90. The number of pyridine rings is 1. The highest BCUT2D eigenvalue weighted by atomic mass is 35.5. The molecular formula is C24H24ClN4O2S+. The monoisotopic (exact) mass is 467 g/mol. The first-order valence-corrected chi connectivity index (χ1v) is 12.1. The standard InChI is InChI=1S/C24H23ClN4O2S/c1-24(2)11-16-17(12-31-24)22(29-7-9-30-10-8-29)28-23-18(16)20-21(32-23)19(26-13-27-20)14-3-5-15(25)6-4-14/h3-6,13H,7-12H2,1-2H3/p+1. The molecule has 6 rings (SSSR count). The maximum Gasteiger partial charge on any atom is 0.281 e. The van der Waals surface area contributed by atoms with E-state index in [1.807, 2.05) is 24.3 Å². The first-order valence-electron chi connectivity index (χ1n) is 10.9. The van der Waals surface area contributed by atoms with E-state index in [9.17, 15) is 0 Å². The highest BCUT2D eigenvalue weighted by molar-refractivity contribution is 7.25. The van der Waals surface area contributed by atoms with Crippen molar-refractivity contribution >= 4 is 49.2 Å². The number of aromatic nitrogens is 3. The van der Waals surface area contributed by atoms with E-state index in [-0.39, 0.29) is 5.60 Å². The molecule has 0 bridgehead atoms. The maximum absolute atomic E-state index is 6.25. The molecule has 8 heteroatoms. The van der Waals surface area contributed by atoms with Crippen molar-refractivity contribution in [1.29, 1.82) is 0 Å². The van der Waals surface area contributed by atoms with E-state index in [0.717, 1.165) is 69.9 Å². The Bertz CT molecular complexity index is 1330. The van der Waals surface area contributed by atoms with Gasteiger partial charge in [-0.1, -0.05) is 35.1 Å². The summed E-state index contributed by atoms with van der Waals surface area (Å²) in [6.07, 6.45) is 2.52. The normalized spacial score (nSPS) is 18.3. The van der Waals surface area contributed by atoms with E-state index in [2.05, 4.69) is 28.7 Å². The predicted molar refractivity (Wildman–Crippen MR) is 128 cm³/mol. The number of nitrogens with zero attached hydrogens (tertiary/aromatic N) is 3. The molecule has 0 spiro atoms. The van der Waals surface area contributed by atoms with Crippen molar-refractivity contribution in [3.05, 3.63) is 46.7 Å². The van der Waals surface area contributed by atoms with Crippen LogP contribution >= 0.6 is 22.9 Å². The van der Waals surface area contributed by atoms with Gasteiger partial charge < -0.3 is 9.47 Å². The van der Waals surface area contributed by atoms with Gasteiger partial charge in [-0.05, 0) is 31.5 Å². The SMILES string of the molecule is CC1(C)Cc2c(c(N3CCOCC3)[nH+]c3sc4c(-c5ccc(Cl)cc5)ncnc4c23)CO1. The molecule has 4 aromatic rings. The molecular weight excluding hydrogens is 444 g/mol. The topological polar surface area (TPSA) is 61.6 Å². The number of rotatable bonds is 2. The second-order valence-electron chi connectivity index (χ2n) is 8.97. The molecule has 2 aliphatic heterocycles. The third kappa shape index (κ3) is 3.35. The average molecular weight is 468 g/mol. The minimum atomic E-state index is -0.218. The van der Waals surface area contributed by atoms with Gasteiger partial charge in [0.15, 0.2) is 4.83 Å². The summed E-state index contributed by atoms with van der Waals surface area (Å²) in [7, 11) is 0. The van der Waals surface area contributed by atoms with Gasteiger partial charge in [0.2, 0.25) is 0 Å².